The first kappa shape index (κ1) is 15.4. The van der Waals surface area contributed by atoms with Crippen LogP contribution < -0.4 is 10.1 Å². The third-order valence-electron chi connectivity index (χ3n) is 3.52. The van der Waals surface area contributed by atoms with Crippen molar-refractivity contribution in [2.45, 2.75) is 32.7 Å². The second-order valence-corrected chi connectivity index (χ2v) is 5.42. The Bertz CT molecular complexity index is 598. The van der Waals surface area contributed by atoms with Gasteiger partial charge in [-0.25, -0.2) is 4.39 Å². The quantitative estimate of drug-likeness (QED) is 0.840. The van der Waals surface area contributed by atoms with E-state index in [9.17, 15) is 4.39 Å². The van der Waals surface area contributed by atoms with Crippen LogP contribution in [0.25, 0.3) is 0 Å². The maximum absolute atomic E-state index is 13.8. The highest BCUT2D eigenvalue weighted by Crippen LogP contribution is 2.22. The minimum Gasteiger partial charge on any atom is -0.497 e. The van der Waals surface area contributed by atoms with Gasteiger partial charge in [0.2, 0.25) is 0 Å². The van der Waals surface area contributed by atoms with Crippen LogP contribution in [0.5, 0.6) is 5.75 Å². The lowest BCUT2D eigenvalue weighted by Gasteiger charge is -2.16. The summed E-state index contributed by atoms with van der Waals surface area (Å²) >= 11 is 0. The fraction of sp³-hybridized carbons (Fsp3) is 0.333. The Morgan fingerprint density at radius 1 is 1.19 bits per heavy atom. The Labute approximate surface area is 126 Å². The Morgan fingerprint density at radius 2 is 2.00 bits per heavy atom. The van der Waals surface area contributed by atoms with Crippen molar-refractivity contribution < 1.29 is 9.13 Å². The second-order valence-electron chi connectivity index (χ2n) is 5.42. The van der Waals surface area contributed by atoms with Crippen LogP contribution in [-0.4, -0.2) is 13.2 Å². The molecule has 2 rings (SSSR count). The van der Waals surface area contributed by atoms with Gasteiger partial charge in [-0.3, -0.25) is 0 Å². The molecule has 0 aliphatic carbocycles. The average molecular weight is 287 g/mol. The number of ether oxygens (including phenoxy) is 1. The number of hydrogen-bond donors (Lipinski definition) is 1. The van der Waals surface area contributed by atoms with Gasteiger partial charge in [0.25, 0.3) is 0 Å². The summed E-state index contributed by atoms with van der Waals surface area (Å²) in [5.74, 6) is 0.406. The van der Waals surface area contributed by atoms with E-state index in [1.54, 1.807) is 19.2 Å². The standard InChI is InChI=1S/C18H22FNO/c1-13-5-4-6-15(11-13)8-7-14(2)20-18-12-16(21-3)9-10-17(18)19/h4-6,9-12,14,20H,7-8H2,1-3H3. The molecule has 0 radical (unpaired) electrons. The molecule has 0 bridgehead atoms. The lowest BCUT2D eigenvalue weighted by molar-refractivity contribution is 0.414. The van der Waals surface area contributed by atoms with Gasteiger partial charge in [0.15, 0.2) is 0 Å². The maximum Gasteiger partial charge on any atom is 0.146 e. The molecular formula is C18H22FNO. The number of anilines is 1. The van der Waals surface area contributed by atoms with E-state index in [2.05, 4.69) is 43.4 Å². The van der Waals surface area contributed by atoms with Gasteiger partial charge in [0, 0.05) is 12.1 Å². The molecule has 1 N–H and O–H groups in total. The first-order chi connectivity index (χ1) is 10.1. The molecular weight excluding hydrogens is 265 g/mol. The van der Waals surface area contributed by atoms with Crippen molar-refractivity contribution in [1.29, 1.82) is 0 Å². The molecule has 0 aromatic heterocycles. The number of nitrogens with one attached hydrogen (secondary N) is 1. The highest BCUT2D eigenvalue weighted by molar-refractivity contribution is 5.50. The summed E-state index contributed by atoms with van der Waals surface area (Å²) in [6.07, 6.45) is 1.92. The van der Waals surface area contributed by atoms with Crippen molar-refractivity contribution >= 4 is 5.69 Å². The van der Waals surface area contributed by atoms with Crippen LogP contribution in [0.4, 0.5) is 10.1 Å². The number of halogens is 1. The molecule has 2 nitrogen and oxygen atoms in total. The molecule has 3 heteroatoms. The Hall–Kier alpha value is -2.03. The van der Waals surface area contributed by atoms with Crippen LogP contribution in [0.1, 0.15) is 24.5 Å². The van der Waals surface area contributed by atoms with E-state index in [1.807, 2.05) is 0 Å². The molecule has 0 saturated heterocycles. The highest BCUT2D eigenvalue weighted by atomic mass is 19.1. The topological polar surface area (TPSA) is 21.3 Å². The molecule has 2 aromatic rings. The van der Waals surface area contributed by atoms with Crippen LogP contribution in [0.2, 0.25) is 0 Å². The molecule has 0 fully saturated rings. The normalized spacial score (nSPS) is 12.0. The minimum absolute atomic E-state index is 0.187. The monoisotopic (exact) mass is 287 g/mol. The SMILES string of the molecule is COc1ccc(F)c(NC(C)CCc2cccc(C)c2)c1. The van der Waals surface area contributed by atoms with Crippen molar-refractivity contribution in [1.82, 2.24) is 0 Å². The molecule has 0 spiro atoms. The second kappa shape index (κ2) is 7.11. The smallest absolute Gasteiger partial charge is 0.146 e. The number of methoxy groups -OCH3 is 1. The molecule has 0 amide bonds. The lowest BCUT2D eigenvalue weighted by atomic mass is 10.0. The summed E-state index contributed by atoms with van der Waals surface area (Å²) < 4.78 is 18.9. The summed E-state index contributed by atoms with van der Waals surface area (Å²) in [6, 6.07) is 13.4. The van der Waals surface area contributed by atoms with Crippen LogP contribution >= 0.6 is 0 Å². The van der Waals surface area contributed by atoms with Gasteiger partial charge in [-0.05, 0) is 44.4 Å². The van der Waals surface area contributed by atoms with Crippen LogP contribution in [0, 0.1) is 12.7 Å². The molecule has 0 aliphatic rings. The first-order valence-electron chi connectivity index (χ1n) is 7.24. The number of hydrogen-bond acceptors (Lipinski definition) is 2. The van der Waals surface area contributed by atoms with Gasteiger partial charge in [-0.2, -0.15) is 0 Å². The number of aryl methyl sites for hydroxylation is 2. The van der Waals surface area contributed by atoms with Crippen molar-refractivity contribution in [2.24, 2.45) is 0 Å². The van der Waals surface area contributed by atoms with E-state index in [-0.39, 0.29) is 11.9 Å². The summed E-state index contributed by atoms with van der Waals surface area (Å²) in [5, 5.41) is 3.21. The summed E-state index contributed by atoms with van der Waals surface area (Å²) in [6.45, 7) is 4.16. The third-order valence-corrected chi connectivity index (χ3v) is 3.52. The lowest BCUT2D eigenvalue weighted by Crippen LogP contribution is -2.17. The van der Waals surface area contributed by atoms with Crippen molar-refractivity contribution in [3.63, 3.8) is 0 Å². The summed E-state index contributed by atoms with van der Waals surface area (Å²) in [5.41, 5.74) is 3.08. The van der Waals surface area contributed by atoms with Gasteiger partial charge in [0.05, 0.1) is 12.8 Å². The average Bonchev–Trinajstić information content (AvgIpc) is 2.47. The molecule has 0 heterocycles. The molecule has 0 saturated carbocycles. The van der Waals surface area contributed by atoms with Crippen LogP contribution in [0.15, 0.2) is 42.5 Å². The van der Waals surface area contributed by atoms with Gasteiger partial charge < -0.3 is 10.1 Å². The molecule has 112 valence electrons. The van der Waals surface area contributed by atoms with Crippen molar-refractivity contribution in [3.8, 4) is 5.75 Å². The molecule has 0 aliphatic heterocycles. The van der Waals surface area contributed by atoms with E-state index in [0.29, 0.717) is 11.4 Å². The van der Waals surface area contributed by atoms with Crippen LogP contribution in [-0.2, 0) is 6.42 Å². The molecule has 2 aromatic carbocycles. The highest BCUT2D eigenvalue weighted by Gasteiger charge is 2.08. The fourth-order valence-electron chi connectivity index (χ4n) is 2.33. The van der Waals surface area contributed by atoms with Crippen molar-refractivity contribution in [3.05, 3.63) is 59.4 Å². The third kappa shape index (κ3) is 4.48. The molecule has 21 heavy (non-hydrogen) atoms. The largest absolute Gasteiger partial charge is 0.497 e. The molecule has 1 unspecified atom stereocenters. The van der Waals surface area contributed by atoms with Gasteiger partial charge in [0.1, 0.15) is 11.6 Å². The fourth-order valence-corrected chi connectivity index (χ4v) is 2.33. The van der Waals surface area contributed by atoms with Gasteiger partial charge in [-0.15, -0.1) is 0 Å². The van der Waals surface area contributed by atoms with E-state index < -0.39 is 0 Å². The van der Waals surface area contributed by atoms with E-state index in [4.69, 9.17) is 4.74 Å². The predicted molar refractivity (Wildman–Crippen MR) is 85.5 cm³/mol. The van der Waals surface area contributed by atoms with Gasteiger partial charge in [-0.1, -0.05) is 29.8 Å². The van der Waals surface area contributed by atoms with Crippen LogP contribution in [0.3, 0.4) is 0 Å². The number of benzene rings is 2. The van der Waals surface area contributed by atoms with Gasteiger partial charge >= 0.3 is 0 Å². The summed E-state index contributed by atoms with van der Waals surface area (Å²) in [7, 11) is 1.58. The van der Waals surface area contributed by atoms with E-state index in [1.165, 1.54) is 17.2 Å². The first-order valence-corrected chi connectivity index (χ1v) is 7.24. The Balaban J connectivity index is 1.94. The Morgan fingerprint density at radius 3 is 2.71 bits per heavy atom. The zero-order valence-electron chi connectivity index (χ0n) is 12.8. The van der Waals surface area contributed by atoms with E-state index >= 15 is 0 Å². The molecule has 1 atom stereocenters. The number of rotatable bonds is 6. The zero-order valence-corrected chi connectivity index (χ0v) is 12.8. The minimum atomic E-state index is -0.252. The van der Waals surface area contributed by atoms with Crippen molar-refractivity contribution in [2.75, 3.05) is 12.4 Å². The summed E-state index contributed by atoms with van der Waals surface area (Å²) in [4.78, 5) is 0. The Kier molecular flexibility index (Phi) is 5.20. The predicted octanol–water partition coefficient (Wildman–Crippen LogP) is 4.58. The van der Waals surface area contributed by atoms with E-state index in [0.717, 1.165) is 12.8 Å². The zero-order chi connectivity index (χ0) is 15.2. The maximum atomic E-state index is 13.8.